The Bertz CT molecular complexity index is 590. The van der Waals surface area contributed by atoms with Crippen molar-refractivity contribution in [1.82, 2.24) is 9.80 Å². The van der Waals surface area contributed by atoms with Gasteiger partial charge in [0.25, 0.3) is 5.91 Å². The molecular formula is C23H36N2O2. The van der Waals surface area contributed by atoms with Gasteiger partial charge in [0.05, 0.1) is 5.60 Å². The second kappa shape index (κ2) is 9.20. The zero-order chi connectivity index (χ0) is 19.3. The van der Waals surface area contributed by atoms with Gasteiger partial charge in [0.1, 0.15) is 0 Å². The summed E-state index contributed by atoms with van der Waals surface area (Å²) < 4.78 is 0. The molecule has 0 atom stereocenters. The van der Waals surface area contributed by atoms with Crippen LogP contribution in [0.4, 0.5) is 0 Å². The van der Waals surface area contributed by atoms with Crippen molar-refractivity contribution in [2.24, 2.45) is 11.8 Å². The highest BCUT2D eigenvalue weighted by Gasteiger charge is 2.42. The fourth-order valence-electron chi connectivity index (χ4n) is 3.95. The van der Waals surface area contributed by atoms with Crippen LogP contribution >= 0.6 is 0 Å². The summed E-state index contributed by atoms with van der Waals surface area (Å²) in [7, 11) is 0. The summed E-state index contributed by atoms with van der Waals surface area (Å²) in [6.07, 6.45) is 6.43. The molecule has 3 rings (SSSR count). The molecule has 1 aliphatic heterocycles. The number of likely N-dealkylation sites (tertiary alicyclic amines) is 1. The first kappa shape index (κ1) is 20.3. The Hall–Kier alpha value is -1.39. The molecule has 4 nitrogen and oxygen atoms in total. The van der Waals surface area contributed by atoms with E-state index in [1.807, 2.05) is 35.2 Å². The first-order chi connectivity index (χ1) is 13.0. The molecule has 2 aliphatic rings. The average Bonchev–Trinajstić information content (AvgIpc) is 3.41. The zero-order valence-corrected chi connectivity index (χ0v) is 17.1. The van der Waals surface area contributed by atoms with Crippen LogP contribution in [0.5, 0.6) is 0 Å². The van der Waals surface area contributed by atoms with Crippen molar-refractivity contribution in [2.45, 2.75) is 58.0 Å². The third kappa shape index (κ3) is 6.32. The number of hydrogen-bond donors (Lipinski definition) is 1. The van der Waals surface area contributed by atoms with E-state index in [0.717, 1.165) is 37.3 Å². The second-order valence-electron chi connectivity index (χ2n) is 9.07. The number of aliphatic hydroxyl groups is 1. The molecule has 4 heteroatoms. The number of rotatable bonds is 9. The van der Waals surface area contributed by atoms with E-state index in [2.05, 4.69) is 18.7 Å². The molecule has 0 spiro atoms. The van der Waals surface area contributed by atoms with Crippen LogP contribution in [0.25, 0.3) is 0 Å². The predicted octanol–water partition coefficient (Wildman–Crippen LogP) is 3.80. The molecule has 1 N–H and O–H groups in total. The van der Waals surface area contributed by atoms with E-state index >= 15 is 0 Å². The summed E-state index contributed by atoms with van der Waals surface area (Å²) in [4.78, 5) is 17.4. The van der Waals surface area contributed by atoms with E-state index in [-0.39, 0.29) is 5.91 Å². The molecule has 1 amide bonds. The van der Waals surface area contributed by atoms with Gasteiger partial charge in [-0.15, -0.1) is 0 Å². The van der Waals surface area contributed by atoms with Crippen LogP contribution in [0.15, 0.2) is 30.3 Å². The smallest absolute Gasteiger partial charge is 0.253 e. The predicted molar refractivity (Wildman–Crippen MR) is 110 cm³/mol. The van der Waals surface area contributed by atoms with Crippen molar-refractivity contribution in [3.63, 3.8) is 0 Å². The van der Waals surface area contributed by atoms with Gasteiger partial charge in [0.15, 0.2) is 0 Å². The minimum atomic E-state index is -0.634. The summed E-state index contributed by atoms with van der Waals surface area (Å²) in [6, 6.07) is 9.50. The molecule has 1 saturated carbocycles. The fourth-order valence-corrected chi connectivity index (χ4v) is 3.95. The van der Waals surface area contributed by atoms with Gasteiger partial charge < -0.3 is 14.9 Å². The largest absolute Gasteiger partial charge is 0.388 e. The third-order valence-corrected chi connectivity index (χ3v) is 6.16. The van der Waals surface area contributed by atoms with Crippen LogP contribution in [0.2, 0.25) is 0 Å². The van der Waals surface area contributed by atoms with E-state index in [1.165, 1.54) is 38.9 Å². The minimum absolute atomic E-state index is 0.0605. The molecule has 2 fully saturated rings. The minimum Gasteiger partial charge on any atom is -0.388 e. The van der Waals surface area contributed by atoms with Gasteiger partial charge in [-0.2, -0.15) is 0 Å². The van der Waals surface area contributed by atoms with Crippen molar-refractivity contribution in [3.05, 3.63) is 35.9 Å². The van der Waals surface area contributed by atoms with Crippen molar-refractivity contribution in [1.29, 1.82) is 0 Å². The van der Waals surface area contributed by atoms with Crippen LogP contribution in [0.3, 0.4) is 0 Å². The summed E-state index contributed by atoms with van der Waals surface area (Å²) >= 11 is 0. The van der Waals surface area contributed by atoms with Gasteiger partial charge in [-0.3, -0.25) is 4.79 Å². The number of benzene rings is 1. The number of amides is 1. The maximum absolute atomic E-state index is 12.9. The first-order valence-electron chi connectivity index (χ1n) is 10.7. The van der Waals surface area contributed by atoms with Crippen LogP contribution in [0.1, 0.15) is 62.7 Å². The van der Waals surface area contributed by atoms with Gasteiger partial charge >= 0.3 is 0 Å². The van der Waals surface area contributed by atoms with Gasteiger partial charge in [-0.1, -0.05) is 32.0 Å². The Morgan fingerprint density at radius 1 is 1.22 bits per heavy atom. The molecule has 0 radical (unpaired) electrons. The lowest BCUT2D eigenvalue weighted by atomic mass is 9.93. The average molecular weight is 373 g/mol. The molecule has 1 saturated heterocycles. The molecule has 0 aromatic heterocycles. The SMILES string of the molecule is CC(C)CCN1CCC(CCN(CC2(O)CC2)C(=O)c2ccccc2)CC1. The van der Waals surface area contributed by atoms with Crippen molar-refractivity contribution < 1.29 is 9.90 Å². The van der Waals surface area contributed by atoms with Crippen LogP contribution in [-0.2, 0) is 0 Å². The maximum Gasteiger partial charge on any atom is 0.253 e. The number of hydrogen-bond acceptors (Lipinski definition) is 3. The summed E-state index contributed by atoms with van der Waals surface area (Å²) in [5.41, 5.74) is 0.0928. The number of piperidine rings is 1. The molecule has 1 heterocycles. The highest BCUT2D eigenvalue weighted by Crippen LogP contribution is 2.36. The Morgan fingerprint density at radius 2 is 1.89 bits per heavy atom. The number of carbonyl (C=O) groups is 1. The van der Waals surface area contributed by atoms with Gasteiger partial charge in [0.2, 0.25) is 0 Å². The van der Waals surface area contributed by atoms with Crippen LogP contribution < -0.4 is 0 Å². The van der Waals surface area contributed by atoms with Crippen molar-refractivity contribution in [3.8, 4) is 0 Å². The summed E-state index contributed by atoms with van der Waals surface area (Å²) in [5.74, 6) is 1.53. The van der Waals surface area contributed by atoms with Crippen molar-refractivity contribution in [2.75, 3.05) is 32.7 Å². The maximum atomic E-state index is 12.9. The molecule has 1 aromatic rings. The molecule has 150 valence electrons. The Kier molecular flexibility index (Phi) is 6.93. The molecule has 0 unspecified atom stereocenters. The molecular weight excluding hydrogens is 336 g/mol. The third-order valence-electron chi connectivity index (χ3n) is 6.16. The van der Waals surface area contributed by atoms with Crippen LogP contribution in [-0.4, -0.2) is 59.1 Å². The zero-order valence-electron chi connectivity index (χ0n) is 17.1. The Morgan fingerprint density at radius 3 is 2.48 bits per heavy atom. The standard InChI is InChI=1S/C23H36N2O2/c1-19(2)8-14-24-15-9-20(10-16-24)11-17-25(18-23(27)12-13-23)22(26)21-6-4-3-5-7-21/h3-7,19-20,27H,8-18H2,1-2H3. The lowest BCUT2D eigenvalue weighted by molar-refractivity contribution is 0.0540. The van der Waals surface area contributed by atoms with E-state index in [0.29, 0.717) is 12.5 Å². The first-order valence-corrected chi connectivity index (χ1v) is 10.7. The lowest BCUT2D eigenvalue weighted by Crippen LogP contribution is -2.41. The monoisotopic (exact) mass is 372 g/mol. The molecule has 27 heavy (non-hydrogen) atoms. The molecule has 0 bridgehead atoms. The van der Waals surface area contributed by atoms with Crippen molar-refractivity contribution >= 4 is 5.91 Å². The Labute approximate surface area is 164 Å². The normalized spacial score (nSPS) is 20.0. The topological polar surface area (TPSA) is 43.8 Å². The fraction of sp³-hybridized carbons (Fsp3) is 0.696. The number of nitrogens with zero attached hydrogens (tertiary/aromatic N) is 2. The molecule has 1 aromatic carbocycles. The Balaban J connectivity index is 1.49. The van der Waals surface area contributed by atoms with Gasteiger partial charge in [-0.25, -0.2) is 0 Å². The van der Waals surface area contributed by atoms with E-state index in [4.69, 9.17) is 0 Å². The number of carbonyl (C=O) groups excluding carboxylic acids is 1. The highest BCUT2D eigenvalue weighted by molar-refractivity contribution is 5.94. The second-order valence-corrected chi connectivity index (χ2v) is 9.07. The molecule has 1 aliphatic carbocycles. The van der Waals surface area contributed by atoms with E-state index in [9.17, 15) is 9.90 Å². The lowest BCUT2D eigenvalue weighted by Gasteiger charge is -2.34. The quantitative estimate of drug-likeness (QED) is 0.717. The van der Waals surface area contributed by atoms with Crippen LogP contribution in [0, 0.1) is 11.8 Å². The van der Waals surface area contributed by atoms with Gasteiger partial charge in [-0.05, 0) is 82.1 Å². The van der Waals surface area contributed by atoms with Gasteiger partial charge in [0, 0.05) is 18.7 Å². The van der Waals surface area contributed by atoms with E-state index < -0.39 is 5.60 Å². The highest BCUT2D eigenvalue weighted by atomic mass is 16.3. The van der Waals surface area contributed by atoms with E-state index in [1.54, 1.807) is 0 Å². The summed E-state index contributed by atoms with van der Waals surface area (Å²) in [5, 5.41) is 10.4. The summed E-state index contributed by atoms with van der Waals surface area (Å²) in [6.45, 7) is 9.41.